The van der Waals surface area contributed by atoms with E-state index < -0.39 is 10.9 Å². The van der Waals surface area contributed by atoms with Crippen molar-refractivity contribution in [2.45, 2.75) is 52.1 Å². The number of hydrogen-bond acceptors (Lipinski definition) is 4. The Balaban J connectivity index is 2.73. The second-order valence-corrected chi connectivity index (χ2v) is 5.02. The van der Waals surface area contributed by atoms with Gasteiger partial charge in [0.25, 0.3) is 0 Å². The van der Waals surface area contributed by atoms with Crippen LogP contribution in [0.1, 0.15) is 56.3 Å². The Hall–Kier alpha value is -2.11. The summed E-state index contributed by atoms with van der Waals surface area (Å²) < 4.78 is 5.59. The number of nitrogens with zero attached hydrogens (tertiary/aromatic N) is 1. The highest BCUT2D eigenvalue weighted by Gasteiger charge is 2.20. The molecule has 6 heteroatoms. The monoisotopic (exact) mass is 295 g/mol. The normalized spacial score (nSPS) is 11.9. The highest BCUT2D eigenvalue weighted by atomic mass is 16.6. The molecule has 1 rings (SSSR count). The van der Waals surface area contributed by atoms with Crippen molar-refractivity contribution in [3.63, 3.8) is 0 Å². The van der Waals surface area contributed by atoms with E-state index in [9.17, 15) is 14.9 Å². The minimum absolute atomic E-state index is 0.119. The molecular formula is C15H21NO5. The summed E-state index contributed by atoms with van der Waals surface area (Å²) in [5.41, 5.74) is -0.431. The number of ether oxygens (including phenoxy) is 1. The number of aromatic carboxylic acids is 1. The van der Waals surface area contributed by atoms with Crippen molar-refractivity contribution >= 4 is 11.7 Å². The molecule has 0 aliphatic heterocycles. The smallest absolute Gasteiger partial charge is 0.335 e. The molecule has 0 bridgehead atoms. The lowest BCUT2D eigenvalue weighted by Crippen LogP contribution is -2.13. The number of carboxylic acid groups (broad SMARTS) is 1. The third-order valence-electron chi connectivity index (χ3n) is 3.19. The molecule has 0 aromatic heterocycles. The third-order valence-corrected chi connectivity index (χ3v) is 3.19. The van der Waals surface area contributed by atoms with Crippen LogP contribution in [0.15, 0.2) is 18.2 Å². The first-order valence-corrected chi connectivity index (χ1v) is 7.14. The van der Waals surface area contributed by atoms with Crippen LogP contribution in [0.2, 0.25) is 0 Å². The Kier molecular flexibility index (Phi) is 6.65. The molecule has 1 N–H and O–H groups in total. The maximum Gasteiger partial charge on any atom is 0.335 e. The predicted octanol–water partition coefficient (Wildman–Crippen LogP) is 4.03. The second-order valence-electron chi connectivity index (χ2n) is 5.02. The summed E-state index contributed by atoms with van der Waals surface area (Å²) in [4.78, 5) is 21.2. The maximum absolute atomic E-state index is 11.0. The number of carboxylic acids is 1. The fraction of sp³-hybridized carbons (Fsp3) is 0.533. The maximum atomic E-state index is 11.0. The first-order valence-electron chi connectivity index (χ1n) is 7.14. The van der Waals surface area contributed by atoms with Crippen molar-refractivity contribution in [3.05, 3.63) is 33.9 Å². The summed E-state index contributed by atoms with van der Waals surface area (Å²) in [6, 6.07) is 3.69. The van der Waals surface area contributed by atoms with Gasteiger partial charge in [-0.2, -0.15) is 0 Å². The van der Waals surface area contributed by atoms with Gasteiger partial charge in [0, 0.05) is 6.07 Å². The zero-order valence-electron chi connectivity index (χ0n) is 12.4. The molecule has 0 saturated heterocycles. The van der Waals surface area contributed by atoms with Crippen LogP contribution in [-0.4, -0.2) is 22.1 Å². The summed E-state index contributed by atoms with van der Waals surface area (Å²) in [7, 11) is 0. The number of nitro benzene ring substituents is 1. The van der Waals surface area contributed by atoms with Crippen molar-refractivity contribution < 1.29 is 19.6 Å². The van der Waals surface area contributed by atoms with Gasteiger partial charge in [-0.25, -0.2) is 4.79 Å². The number of carbonyl (C=O) groups is 1. The molecule has 0 aliphatic carbocycles. The molecule has 1 aromatic rings. The minimum atomic E-state index is -1.20. The quantitative estimate of drug-likeness (QED) is 0.422. The SMILES string of the molecule is CCCCCC[C@H](C)Oc1ccc(C(=O)O)cc1[N+](=O)[O-]. The van der Waals surface area contributed by atoms with Crippen molar-refractivity contribution in [3.8, 4) is 5.75 Å². The van der Waals surface area contributed by atoms with E-state index in [0.29, 0.717) is 0 Å². The Morgan fingerprint density at radius 3 is 2.67 bits per heavy atom. The van der Waals surface area contributed by atoms with Crippen LogP contribution >= 0.6 is 0 Å². The van der Waals surface area contributed by atoms with Crippen molar-refractivity contribution in [2.75, 3.05) is 0 Å². The van der Waals surface area contributed by atoms with Gasteiger partial charge < -0.3 is 9.84 Å². The zero-order chi connectivity index (χ0) is 15.8. The van der Waals surface area contributed by atoms with E-state index in [1.54, 1.807) is 0 Å². The summed E-state index contributed by atoms with van der Waals surface area (Å²) in [5, 5.41) is 19.9. The standard InChI is InChI=1S/C15H21NO5/c1-3-4-5-6-7-11(2)21-14-9-8-12(15(17)18)10-13(14)16(19)20/h8-11H,3-7H2,1-2H3,(H,17,18)/t11-/m0/s1. The van der Waals surface area contributed by atoms with E-state index in [-0.39, 0.29) is 23.1 Å². The van der Waals surface area contributed by atoms with E-state index in [2.05, 4.69) is 6.92 Å². The van der Waals surface area contributed by atoms with Crippen LogP contribution in [-0.2, 0) is 0 Å². The molecule has 0 spiro atoms. The summed E-state index contributed by atoms with van der Waals surface area (Å²) in [6.45, 7) is 3.99. The summed E-state index contributed by atoms with van der Waals surface area (Å²) in [5.74, 6) is -1.08. The van der Waals surface area contributed by atoms with Crippen LogP contribution in [0.5, 0.6) is 5.75 Å². The number of rotatable bonds is 9. The molecule has 1 atom stereocenters. The van der Waals surface area contributed by atoms with E-state index in [1.807, 2.05) is 6.92 Å². The van der Waals surface area contributed by atoms with Gasteiger partial charge in [0.2, 0.25) is 0 Å². The molecule has 0 heterocycles. The number of nitro groups is 1. The average molecular weight is 295 g/mol. The molecule has 0 radical (unpaired) electrons. The third kappa shape index (κ3) is 5.41. The van der Waals surface area contributed by atoms with Crippen molar-refractivity contribution in [2.24, 2.45) is 0 Å². The van der Waals surface area contributed by atoms with Gasteiger partial charge in [0.15, 0.2) is 5.75 Å². The van der Waals surface area contributed by atoms with Gasteiger partial charge in [0.05, 0.1) is 16.6 Å². The first kappa shape index (κ1) is 16.9. The predicted molar refractivity (Wildman–Crippen MR) is 78.9 cm³/mol. The van der Waals surface area contributed by atoms with E-state index >= 15 is 0 Å². The molecule has 0 unspecified atom stereocenters. The highest BCUT2D eigenvalue weighted by Crippen LogP contribution is 2.29. The van der Waals surface area contributed by atoms with Gasteiger partial charge in [0.1, 0.15) is 0 Å². The fourth-order valence-electron chi connectivity index (χ4n) is 2.03. The second kappa shape index (κ2) is 8.24. The highest BCUT2D eigenvalue weighted by molar-refractivity contribution is 5.88. The lowest BCUT2D eigenvalue weighted by Gasteiger charge is -2.14. The summed E-state index contributed by atoms with van der Waals surface area (Å²) in [6.07, 6.45) is 5.12. The Morgan fingerprint density at radius 2 is 2.10 bits per heavy atom. The van der Waals surface area contributed by atoms with Crippen LogP contribution in [0.4, 0.5) is 5.69 Å². The zero-order valence-corrected chi connectivity index (χ0v) is 12.4. The average Bonchev–Trinajstić information content (AvgIpc) is 2.43. The van der Waals surface area contributed by atoms with Crippen molar-refractivity contribution in [1.29, 1.82) is 0 Å². The van der Waals surface area contributed by atoms with Gasteiger partial charge in [-0.15, -0.1) is 0 Å². The molecule has 0 saturated carbocycles. The van der Waals surface area contributed by atoms with Gasteiger partial charge in [-0.05, 0) is 31.9 Å². The van der Waals surface area contributed by atoms with Crippen LogP contribution in [0.3, 0.4) is 0 Å². The van der Waals surface area contributed by atoms with E-state index in [4.69, 9.17) is 9.84 Å². The topological polar surface area (TPSA) is 89.7 Å². The van der Waals surface area contributed by atoms with Crippen molar-refractivity contribution in [1.82, 2.24) is 0 Å². The van der Waals surface area contributed by atoms with Gasteiger partial charge >= 0.3 is 11.7 Å². The number of unbranched alkanes of at least 4 members (excludes halogenated alkanes) is 3. The number of hydrogen-bond donors (Lipinski definition) is 1. The largest absolute Gasteiger partial charge is 0.484 e. The van der Waals surface area contributed by atoms with E-state index in [0.717, 1.165) is 31.7 Å². The lowest BCUT2D eigenvalue weighted by atomic mass is 10.1. The molecular weight excluding hydrogens is 274 g/mol. The summed E-state index contributed by atoms with van der Waals surface area (Å²) >= 11 is 0. The van der Waals surface area contributed by atoms with Crippen LogP contribution in [0.25, 0.3) is 0 Å². The Labute approximate surface area is 123 Å². The fourth-order valence-corrected chi connectivity index (χ4v) is 2.03. The Morgan fingerprint density at radius 1 is 1.38 bits per heavy atom. The molecule has 116 valence electrons. The molecule has 1 aromatic carbocycles. The van der Waals surface area contributed by atoms with Gasteiger partial charge in [-0.3, -0.25) is 10.1 Å². The van der Waals surface area contributed by atoms with Crippen LogP contribution < -0.4 is 4.74 Å². The van der Waals surface area contributed by atoms with Crippen LogP contribution in [0, 0.1) is 10.1 Å². The molecule has 6 nitrogen and oxygen atoms in total. The van der Waals surface area contributed by atoms with Gasteiger partial charge in [-0.1, -0.05) is 26.2 Å². The molecule has 21 heavy (non-hydrogen) atoms. The molecule has 0 aliphatic rings. The van der Waals surface area contributed by atoms with E-state index in [1.165, 1.54) is 18.6 Å². The number of benzene rings is 1. The molecule has 0 fully saturated rings. The Bertz CT molecular complexity index is 501. The molecule has 0 amide bonds. The minimum Gasteiger partial charge on any atom is -0.484 e. The lowest BCUT2D eigenvalue weighted by molar-refractivity contribution is -0.386. The first-order chi connectivity index (χ1) is 9.95.